The summed E-state index contributed by atoms with van der Waals surface area (Å²) in [6.07, 6.45) is 7.97. The van der Waals surface area contributed by atoms with E-state index >= 15 is 0 Å². The quantitative estimate of drug-likeness (QED) is 0.778. The first-order valence-electron chi connectivity index (χ1n) is 8.86. The van der Waals surface area contributed by atoms with Crippen molar-refractivity contribution in [1.82, 2.24) is 14.9 Å². The van der Waals surface area contributed by atoms with Crippen LogP contribution in [0, 0.1) is 6.92 Å². The van der Waals surface area contributed by atoms with Crippen molar-refractivity contribution in [2.24, 2.45) is 0 Å². The standard InChI is InChI=1S/C20H24N4O2/c1-15-4-6-16(7-5-15)13-24-10-2-3-18(14-24)23-19-12-21-17(11-22-19)8-9-20(25)26/h4-9,11-12,18H,2-3,10,13-14H2,1H3,(H,22,23)(H,25,26)/b9-8+/t18-/m1/s1. The van der Waals surface area contributed by atoms with Gasteiger partial charge < -0.3 is 10.4 Å². The van der Waals surface area contributed by atoms with Gasteiger partial charge in [0.05, 0.1) is 18.1 Å². The number of rotatable bonds is 6. The summed E-state index contributed by atoms with van der Waals surface area (Å²) < 4.78 is 0. The molecule has 2 aromatic rings. The average molecular weight is 352 g/mol. The van der Waals surface area contributed by atoms with E-state index in [1.807, 2.05) is 0 Å². The number of aliphatic carboxylic acids is 1. The summed E-state index contributed by atoms with van der Waals surface area (Å²) in [5.41, 5.74) is 3.15. The number of likely N-dealkylation sites (tertiary alicyclic amines) is 1. The Kier molecular flexibility index (Phi) is 5.96. The number of nitrogens with zero attached hydrogens (tertiary/aromatic N) is 3. The predicted octanol–water partition coefficient (Wildman–Crippen LogP) is 2.96. The first-order valence-corrected chi connectivity index (χ1v) is 8.86. The number of anilines is 1. The first-order chi connectivity index (χ1) is 12.6. The smallest absolute Gasteiger partial charge is 0.328 e. The van der Waals surface area contributed by atoms with Crippen LogP contribution in [0.3, 0.4) is 0 Å². The molecule has 136 valence electrons. The molecule has 1 aliphatic rings. The van der Waals surface area contributed by atoms with Gasteiger partial charge in [-0.2, -0.15) is 0 Å². The van der Waals surface area contributed by atoms with Crippen LogP contribution in [0.2, 0.25) is 0 Å². The molecular formula is C20H24N4O2. The van der Waals surface area contributed by atoms with Crippen LogP contribution in [0.1, 0.15) is 29.7 Å². The van der Waals surface area contributed by atoms with E-state index in [-0.39, 0.29) is 0 Å². The summed E-state index contributed by atoms with van der Waals surface area (Å²) >= 11 is 0. The lowest BCUT2D eigenvalue weighted by atomic mass is 10.0. The van der Waals surface area contributed by atoms with Crippen molar-refractivity contribution in [1.29, 1.82) is 0 Å². The molecule has 6 heteroatoms. The van der Waals surface area contributed by atoms with Crippen LogP contribution in [0.25, 0.3) is 6.08 Å². The first kappa shape index (κ1) is 18.1. The molecule has 1 aliphatic heterocycles. The van der Waals surface area contributed by atoms with Crippen molar-refractivity contribution in [3.05, 3.63) is 59.6 Å². The Balaban J connectivity index is 1.54. The van der Waals surface area contributed by atoms with E-state index in [1.54, 1.807) is 12.4 Å². The summed E-state index contributed by atoms with van der Waals surface area (Å²) in [6, 6.07) is 9.04. The topological polar surface area (TPSA) is 78.4 Å². The van der Waals surface area contributed by atoms with Gasteiger partial charge in [-0.1, -0.05) is 29.8 Å². The molecule has 1 atom stereocenters. The molecule has 0 spiro atoms. The van der Waals surface area contributed by atoms with Crippen molar-refractivity contribution in [3.63, 3.8) is 0 Å². The second-order valence-corrected chi connectivity index (χ2v) is 6.70. The molecule has 1 aromatic heterocycles. The molecule has 26 heavy (non-hydrogen) atoms. The third-order valence-electron chi connectivity index (χ3n) is 4.45. The number of hydrogen-bond acceptors (Lipinski definition) is 5. The van der Waals surface area contributed by atoms with Crippen molar-refractivity contribution < 1.29 is 9.90 Å². The predicted molar refractivity (Wildman–Crippen MR) is 102 cm³/mol. The lowest BCUT2D eigenvalue weighted by Crippen LogP contribution is -2.41. The Morgan fingerprint density at radius 2 is 2.12 bits per heavy atom. The molecule has 2 heterocycles. The van der Waals surface area contributed by atoms with E-state index in [0.717, 1.165) is 44.4 Å². The van der Waals surface area contributed by atoms with Gasteiger partial charge in [-0.05, 0) is 37.9 Å². The van der Waals surface area contributed by atoms with Crippen LogP contribution in [0.15, 0.2) is 42.7 Å². The molecule has 0 unspecified atom stereocenters. The van der Waals surface area contributed by atoms with E-state index in [1.165, 1.54) is 17.2 Å². The van der Waals surface area contributed by atoms with E-state index in [9.17, 15) is 4.79 Å². The van der Waals surface area contributed by atoms with Crippen LogP contribution in [0.5, 0.6) is 0 Å². The fourth-order valence-electron chi connectivity index (χ4n) is 3.13. The maximum Gasteiger partial charge on any atom is 0.328 e. The highest BCUT2D eigenvalue weighted by Gasteiger charge is 2.20. The van der Waals surface area contributed by atoms with Crippen LogP contribution in [0.4, 0.5) is 5.82 Å². The highest BCUT2D eigenvalue weighted by molar-refractivity contribution is 5.84. The Bertz CT molecular complexity index is 756. The fourth-order valence-corrected chi connectivity index (χ4v) is 3.13. The Labute approximate surface area is 153 Å². The van der Waals surface area contributed by atoms with Crippen molar-refractivity contribution in [2.45, 2.75) is 32.4 Å². The minimum atomic E-state index is -0.995. The molecular weight excluding hydrogens is 328 g/mol. The van der Waals surface area contributed by atoms with Gasteiger partial charge in [0.1, 0.15) is 5.82 Å². The Hall–Kier alpha value is -2.73. The summed E-state index contributed by atoms with van der Waals surface area (Å²) in [7, 11) is 0. The minimum Gasteiger partial charge on any atom is -0.478 e. The lowest BCUT2D eigenvalue weighted by molar-refractivity contribution is -0.131. The third kappa shape index (κ3) is 5.39. The van der Waals surface area contributed by atoms with Crippen LogP contribution in [-0.2, 0) is 11.3 Å². The largest absolute Gasteiger partial charge is 0.478 e. The zero-order valence-electron chi connectivity index (χ0n) is 14.9. The number of aromatic nitrogens is 2. The van der Waals surface area contributed by atoms with E-state index in [2.05, 4.69) is 51.4 Å². The number of hydrogen-bond donors (Lipinski definition) is 2. The lowest BCUT2D eigenvalue weighted by Gasteiger charge is -2.33. The van der Waals surface area contributed by atoms with Crippen molar-refractivity contribution in [3.8, 4) is 0 Å². The van der Waals surface area contributed by atoms with Gasteiger partial charge in [0.2, 0.25) is 0 Å². The van der Waals surface area contributed by atoms with Gasteiger partial charge in [-0.15, -0.1) is 0 Å². The number of carboxylic acids is 1. The molecule has 1 saturated heterocycles. The zero-order valence-corrected chi connectivity index (χ0v) is 14.9. The van der Waals surface area contributed by atoms with Gasteiger partial charge in [0.15, 0.2) is 0 Å². The normalized spacial score (nSPS) is 18.1. The number of carboxylic acid groups (broad SMARTS) is 1. The Morgan fingerprint density at radius 3 is 2.81 bits per heavy atom. The SMILES string of the molecule is Cc1ccc(CN2CCC[C@@H](Nc3cnc(/C=C/C(=O)O)cn3)C2)cc1. The molecule has 0 saturated carbocycles. The molecule has 1 fully saturated rings. The number of nitrogens with one attached hydrogen (secondary N) is 1. The zero-order chi connectivity index (χ0) is 18.4. The highest BCUT2D eigenvalue weighted by atomic mass is 16.4. The van der Waals surface area contributed by atoms with Crippen LogP contribution in [-0.4, -0.2) is 45.1 Å². The Morgan fingerprint density at radius 1 is 1.31 bits per heavy atom. The molecule has 3 rings (SSSR count). The summed E-state index contributed by atoms with van der Waals surface area (Å²) in [5, 5.41) is 12.1. The van der Waals surface area contributed by atoms with Crippen molar-refractivity contribution in [2.75, 3.05) is 18.4 Å². The minimum absolute atomic E-state index is 0.337. The van der Waals surface area contributed by atoms with Gasteiger partial charge in [0, 0.05) is 25.2 Å². The number of aryl methyl sites for hydroxylation is 1. The molecule has 2 N–H and O–H groups in total. The fraction of sp³-hybridized carbons (Fsp3) is 0.350. The molecule has 0 amide bonds. The number of piperidine rings is 1. The van der Waals surface area contributed by atoms with Crippen LogP contribution < -0.4 is 5.32 Å². The number of carbonyl (C=O) groups is 1. The second kappa shape index (κ2) is 8.58. The molecule has 1 aromatic carbocycles. The van der Waals surface area contributed by atoms with Crippen molar-refractivity contribution >= 4 is 17.9 Å². The van der Waals surface area contributed by atoms with E-state index in [0.29, 0.717) is 11.7 Å². The van der Waals surface area contributed by atoms with Gasteiger partial charge >= 0.3 is 5.97 Å². The summed E-state index contributed by atoms with van der Waals surface area (Å²) in [6.45, 7) is 5.14. The summed E-state index contributed by atoms with van der Waals surface area (Å²) in [5.74, 6) is -0.274. The van der Waals surface area contributed by atoms with E-state index < -0.39 is 5.97 Å². The van der Waals surface area contributed by atoms with E-state index in [4.69, 9.17) is 5.11 Å². The number of benzene rings is 1. The third-order valence-corrected chi connectivity index (χ3v) is 4.45. The van der Waals surface area contributed by atoms with Gasteiger partial charge in [0.25, 0.3) is 0 Å². The summed E-state index contributed by atoms with van der Waals surface area (Å²) in [4.78, 5) is 21.5. The van der Waals surface area contributed by atoms with Gasteiger partial charge in [-0.25, -0.2) is 9.78 Å². The molecule has 0 radical (unpaired) electrons. The van der Waals surface area contributed by atoms with Gasteiger partial charge in [-0.3, -0.25) is 9.88 Å². The molecule has 6 nitrogen and oxygen atoms in total. The monoisotopic (exact) mass is 352 g/mol. The second-order valence-electron chi connectivity index (χ2n) is 6.70. The average Bonchev–Trinajstić information content (AvgIpc) is 2.63. The highest BCUT2D eigenvalue weighted by Crippen LogP contribution is 2.17. The maximum atomic E-state index is 10.5. The molecule has 0 aliphatic carbocycles. The maximum absolute atomic E-state index is 10.5. The van der Waals surface area contributed by atoms with Crippen LogP contribution >= 0.6 is 0 Å². The molecule has 0 bridgehead atoms.